The van der Waals surface area contributed by atoms with Crippen molar-refractivity contribution in [2.24, 2.45) is 23.5 Å². The molecule has 2 aliphatic carbocycles. The number of amides is 1. The Bertz CT molecular complexity index is 434. The smallest absolute Gasteiger partial charge is 0.251 e. The second-order valence-electron chi connectivity index (χ2n) is 5.95. The van der Waals surface area contributed by atoms with Gasteiger partial charge in [-0.15, -0.1) is 0 Å². The number of nitrogens with one attached hydrogen (secondary N) is 1. The lowest BCUT2D eigenvalue weighted by molar-refractivity contribution is 0.0943. The Kier molecular flexibility index (Phi) is 3.56. The normalized spacial score (nSPS) is 18.6. The summed E-state index contributed by atoms with van der Waals surface area (Å²) in [5.41, 5.74) is 7.35. The summed E-state index contributed by atoms with van der Waals surface area (Å²) in [7, 11) is 0. The third-order valence-electron chi connectivity index (χ3n) is 4.41. The minimum atomic E-state index is 0.0508. The molecule has 102 valence electrons. The number of carbonyl (C=O) groups is 1. The Morgan fingerprint density at radius 2 is 1.74 bits per heavy atom. The van der Waals surface area contributed by atoms with Crippen LogP contribution in [-0.4, -0.2) is 12.5 Å². The number of nitrogens with two attached hydrogens (primary N) is 1. The molecule has 3 nitrogen and oxygen atoms in total. The lowest BCUT2D eigenvalue weighted by Gasteiger charge is -2.16. The molecule has 0 unspecified atom stereocenters. The topological polar surface area (TPSA) is 55.1 Å². The van der Waals surface area contributed by atoms with Gasteiger partial charge in [0.2, 0.25) is 0 Å². The van der Waals surface area contributed by atoms with Gasteiger partial charge in [-0.25, -0.2) is 0 Å². The molecule has 0 spiro atoms. The van der Waals surface area contributed by atoms with E-state index in [4.69, 9.17) is 5.73 Å². The molecule has 3 rings (SSSR count). The second-order valence-corrected chi connectivity index (χ2v) is 5.95. The number of rotatable bonds is 6. The zero-order valence-electron chi connectivity index (χ0n) is 11.3. The van der Waals surface area contributed by atoms with Crippen LogP contribution < -0.4 is 11.1 Å². The van der Waals surface area contributed by atoms with E-state index in [0.29, 0.717) is 6.54 Å². The van der Waals surface area contributed by atoms with E-state index < -0.39 is 0 Å². The van der Waals surface area contributed by atoms with E-state index >= 15 is 0 Å². The van der Waals surface area contributed by atoms with Crippen LogP contribution in [0, 0.1) is 17.8 Å². The summed E-state index contributed by atoms with van der Waals surface area (Å²) >= 11 is 0. The van der Waals surface area contributed by atoms with Gasteiger partial charge in [-0.1, -0.05) is 12.1 Å². The Balaban J connectivity index is 1.54. The molecule has 19 heavy (non-hydrogen) atoms. The maximum Gasteiger partial charge on any atom is 0.251 e. The highest BCUT2D eigenvalue weighted by molar-refractivity contribution is 5.94. The van der Waals surface area contributed by atoms with Gasteiger partial charge >= 0.3 is 0 Å². The Morgan fingerprint density at radius 1 is 1.16 bits per heavy atom. The van der Waals surface area contributed by atoms with Gasteiger partial charge in [0.15, 0.2) is 0 Å². The molecule has 2 aliphatic rings. The minimum Gasteiger partial charge on any atom is -0.352 e. The highest BCUT2D eigenvalue weighted by Crippen LogP contribution is 2.48. The van der Waals surface area contributed by atoms with Crippen LogP contribution in [0.1, 0.15) is 41.6 Å². The lowest BCUT2D eigenvalue weighted by Crippen LogP contribution is -2.31. The van der Waals surface area contributed by atoms with Crippen molar-refractivity contribution in [3.05, 3.63) is 35.4 Å². The van der Waals surface area contributed by atoms with Gasteiger partial charge < -0.3 is 11.1 Å². The Labute approximate surface area is 114 Å². The van der Waals surface area contributed by atoms with Crippen molar-refractivity contribution >= 4 is 5.91 Å². The molecule has 1 aromatic rings. The van der Waals surface area contributed by atoms with Crippen LogP contribution in [0.25, 0.3) is 0 Å². The molecular formula is C16H22N2O. The molecule has 3 heteroatoms. The fraction of sp³-hybridized carbons (Fsp3) is 0.562. The average molecular weight is 258 g/mol. The van der Waals surface area contributed by atoms with E-state index in [9.17, 15) is 4.79 Å². The summed E-state index contributed by atoms with van der Waals surface area (Å²) in [5, 5.41) is 3.11. The standard InChI is InChI=1S/C16H22N2O/c17-9-11-1-3-14(4-2-11)16(19)18-10-15(12-5-6-12)13-7-8-13/h1-4,12-13,15H,5-10,17H2,(H,18,19). The summed E-state index contributed by atoms with van der Waals surface area (Å²) in [5.74, 6) is 2.54. The van der Waals surface area contributed by atoms with Gasteiger partial charge in [-0.2, -0.15) is 0 Å². The van der Waals surface area contributed by atoms with Gasteiger partial charge in [0.25, 0.3) is 5.91 Å². The highest BCUT2D eigenvalue weighted by atomic mass is 16.1. The minimum absolute atomic E-state index is 0.0508. The van der Waals surface area contributed by atoms with Crippen LogP contribution in [0.3, 0.4) is 0 Å². The molecule has 1 aromatic carbocycles. The summed E-state index contributed by atoms with van der Waals surface area (Å²) in [6.45, 7) is 1.38. The fourth-order valence-corrected chi connectivity index (χ4v) is 2.87. The maximum absolute atomic E-state index is 12.1. The van der Waals surface area contributed by atoms with Crippen LogP contribution in [0.5, 0.6) is 0 Å². The van der Waals surface area contributed by atoms with Crippen molar-refractivity contribution in [1.82, 2.24) is 5.32 Å². The summed E-state index contributed by atoms with van der Waals surface area (Å²) < 4.78 is 0. The van der Waals surface area contributed by atoms with Crippen LogP contribution >= 0.6 is 0 Å². The van der Waals surface area contributed by atoms with Crippen molar-refractivity contribution in [3.63, 3.8) is 0 Å². The molecule has 0 saturated heterocycles. The van der Waals surface area contributed by atoms with Crippen LogP contribution in [0.4, 0.5) is 0 Å². The number of hydrogen-bond donors (Lipinski definition) is 2. The zero-order chi connectivity index (χ0) is 13.2. The lowest BCUT2D eigenvalue weighted by atomic mass is 9.98. The van der Waals surface area contributed by atoms with Crippen molar-refractivity contribution in [2.45, 2.75) is 32.2 Å². The molecule has 1 amide bonds. The van der Waals surface area contributed by atoms with E-state index in [1.807, 2.05) is 24.3 Å². The van der Waals surface area contributed by atoms with E-state index in [0.717, 1.165) is 35.4 Å². The number of benzene rings is 1. The van der Waals surface area contributed by atoms with Gasteiger partial charge in [-0.3, -0.25) is 4.79 Å². The van der Waals surface area contributed by atoms with Gasteiger partial charge in [0.05, 0.1) is 0 Å². The first-order chi connectivity index (χ1) is 9.28. The highest BCUT2D eigenvalue weighted by Gasteiger charge is 2.41. The second kappa shape index (κ2) is 5.33. The van der Waals surface area contributed by atoms with Gasteiger partial charge in [-0.05, 0) is 61.1 Å². The van der Waals surface area contributed by atoms with Crippen LogP contribution in [0.2, 0.25) is 0 Å². The van der Waals surface area contributed by atoms with Gasteiger partial charge in [0, 0.05) is 18.7 Å². The molecule has 0 atom stereocenters. The van der Waals surface area contributed by atoms with E-state index in [1.165, 1.54) is 25.7 Å². The van der Waals surface area contributed by atoms with Crippen molar-refractivity contribution in [2.75, 3.05) is 6.54 Å². The number of hydrogen-bond acceptors (Lipinski definition) is 2. The van der Waals surface area contributed by atoms with Gasteiger partial charge in [0.1, 0.15) is 0 Å². The molecular weight excluding hydrogens is 236 g/mol. The summed E-state index contributed by atoms with van der Waals surface area (Å²) in [4.78, 5) is 12.1. The van der Waals surface area contributed by atoms with Crippen molar-refractivity contribution < 1.29 is 4.79 Å². The molecule has 0 radical (unpaired) electrons. The maximum atomic E-state index is 12.1. The Hall–Kier alpha value is -1.35. The molecule has 0 heterocycles. The first-order valence-corrected chi connectivity index (χ1v) is 7.35. The third-order valence-corrected chi connectivity index (χ3v) is 4.41. The van der Waals surface area contributed by atoms with E-state index in [-0.39, 0.29) is 5.91 Å². The summed E-state index contributed by atoms with van der Waals surface area (Å²) in [6.07, 6.45) is 5.45. The van der Waals surface area contributed by atoms with Crippen LogP contribution in [-0.2, 0) is 6.54 Å². The first kappa shape index (κ1) is 12.7. The predicted octanol–water partition coefficient (Wildman–Crippen LogP) is 2.31. The molecule has 0 bridgehead atoms. The average Bonchev–Trinajstić information content (AvgIpc) is 3.31. The molecule has 0 aromatic heterocycles. The van der Waals surface area contributed by atoms with E-state index in [2.05, 4.69) is 5.32 Å². The Morgan fingerprint density at radius 3 is 2.21 bits per heavy atom. The predicted molar refractivity (Wildman–Crippen MR) is 75.6 cm³/mol. The fourth-order valence-electron chi connectivity index (χ4n) is 2.87. The third kappa shape index (κ3) is 3.16. The van der Waals surface area contributed by atoms with Crippen molar-refractivity contribution in [1.29, 1.82) is 0 Å². The summed E-state index contributed by atoms with van der Waals surface area (Å²) in [6, 6.07) is 7.57. The largest absolute Gasteiger partial charge is 0.352 e. The molecule has 2 saturated carbocycles. The SMILES string of the molecule is NCc1ccc(C(=O)NCC(C2CC2)C2CC2)cc1. The van der Waals surface area contributed by atoms with Crippen molar-refractivity contribution in [3.8, 4) is 0 Å². The molecule has 3 N–H and O–H groups in total. The zero-order valence-corrected chi connectivity index (χ0v) is 11.3. The molecule has 2 fully saturated rings. The van der Waals surface area contributed by atoms with E-state index in [1.54, 1.807) is 0 Å². The first-order valence-electron chi connectivity index (χ1n) is 7.35. The monoisotopic (exact) mass is 258 g/mol. The van der Waals surface area contributed by atoms with Crippen LogP contribution in [0.15, 0.2) is 24.3 Å². The number of carbonyl (C=O) groups excluding carboxylic acids is 1. The quantitative estimate of drug-likeness (QED) is 0.822. The molecule has 0 aliphatic heterocycles.